The summed E-state index contributed by atoms with van der Waals surface area (Å²) >= 11 is 0. The van der Waals surface area contributed by atoms with E-state index < -0.39 is 9.84 Å². The molecule has 1 atom stereocenters. The fourth-order valence-corrected chi connectivity index (χ4v) is 3.78. The summed E-state index contributed by atoms with van der Waals surface area (Å²) < 4.78 is 22.6. The van der Waals surface area contributed by atoms with Gasteiger partial charge < -0.3 is 10.6 Å². The third kappa shape index (κ3) is 3.79. The largest absolute Gasteiger partial charge is 0.324 e. The minimum absolute atomic E-state index is 0.0277. The Kier molecular flexibility index (Phi) is 4.37. The zero-order valence-corrected chi connectivity index (χ0v) is 11.6. The number of nitrogens with zero attached hydrogens (tertiary/aromatic N) is 1. The van der Waals surface area contributed by atoms with Crippen LogP contribution in [0.3, 0.4) is 0 Å². The minimum Gasteiger partial charge on any atom is -0.324 e. The molecule has 0 aromatic heterocycles. The molecule has 2 rings (SSSR count). The predicted octanol–water partition coefficient (Wildman–Crippen LogP) is 0.273. The van der Waals surface area contributed by atoms with Crippen LogP contribution in [0.1, 0.15) is 12.0 Å². The third-order valence-electron chi connectivity index (χ3n) is 3.11. The van der Waals surface area contributed by atoms with Crippen molar-refractivity contribution in [3.05, 3.63) is 29.8 Å². The number of para-hydroxylation sites is 1. The first kappa shape index (κ1) is 14.5. The lowest BCUT2D eigenvalue weighted by molar-refractivity contribution is -0.115. The molecule has 1 fully saturated rings. The lowest BCUT2D eigenvalue weighted by Gasteiger charge is -2.11. The second kappa shape index (κ2) is 6.03. The van der Waals surface area contributed by atoms with Crippen molar-refractivity contribution in [2.45, 2.75) is 12.5 Å². The van der Waals surface area contributed by atoms with Gasteiger partial charge in [0.05, 0.1) is 29.3 Å². The van der Waals surface area contributed by atoms with E-state index in [1.54, 1.807) is 24.3 Å². The van der Waals surface area contributed by atoms with Crippen molar-refractivity contribution in [3.8, 4) is 6.07 Å². The molecular weight excluding hydrogens is 278 g/mol. The van der Waals surface area contributed by atoms with Crippen molar-refractivity contribution in [1.82, 2.24) is 5.32 Å². The smallest absolute Gasteiger partial charge is 0.238 e. The van der Waals surface area contributed by atoms with Gasteiger partial charge in [-0.05, 0) is 18.6 Å². The van der Waals surface area contributed by atoms with Crippen LogP contribution >= 0.6 is 0 Å². The van der Waals surface area contributed by atoms with E-state index >= 15 is 0 Å². The van der Waals surface area contributed by atoms with Gasteiger partial charge in [-0.15, -0.1) is 0 Å². The van der Waals surface area contributed by atoms with E-state index in [0.717, 1.165) is 0 Å². The van der Waals surface area contributed by atoms with Crippen LogP contribution < -0.4 is 10.6 Å². The highest BCUT2D eigenvalue weighted by Gasteiger charge is 2.27. The Morgan fingerprint density at radius 3 is 2.80 bits per heavy atom. The zero-order chi connectivity index (χ0) is 14.6. The van der Waals surface area contributed by atoms with E-state index in [9.17, 15) is 13.2 Å². The topological polar surface area (TPSA) is 99.1 Å². The molecule has 7 heteroatoms. The summed E-state index contributed by atoms with van der Waals surface area (Å²) in [5.74, 6) is -0.0458. The molecule has 20 heavy (non-hydrogen) atoms. The van der Waals surface area contributed by atoms with E-state index in [1.807, 2.05) is 6.07 Å². The molecule has 0 spiro atoms. The lowest BCUT2D eigenvalue weighted by Crippen LogP contribution is -2.36. The van der Waals surface area contributed by atoms with Crippen LogP contribution in [-0.4, -0.2) is 38.4 Å². The molecule has 1 aromatic rings. The number of carbonyl (C=O) groups is 1. The van der Waals surface area contributed by atoms with Gasteiger partial charge in [-0.25, -0.2) is 8.42 Å². The van der Waals surface area contributed by atoms with Crippen LogP contribution in [0, 0.1) is 11.3 Å². The summed E-state index contributed by atoms with van der Waals surface area (Å²) in [5.41, 5.74) is 0.852. The summed E-state index contributed by atoms with van der Waals surface area (Å²) in [5, 5.41) is 14.5. The molecule has 1 saturated heterocycles. The monoisotopic (exact) mass is 293 g/mol. The van der Waals surface area contributed by atoms with Gasteiger partial charge in [0.15, 0.2) is 9.84 Å². The van der Waals surface area contributed by atoms with Crippen LogP contribution in [0.15, 0.2) is 24.3 Å². The van der Waals surface area contributed by atoms with Gasteiger partial charge in [-0.2, -0.15) is 5.26 Å². The third-order valence-corrected chi connectivity index (χ3v) is 4.87. The maximum atomic E-state index is 11.8. The van der Waals surface area contributed by atoms with Gasteiger partial charge in [0, 0.05) is 6.04 Å². The average Bonchev–Trinajstić information content (AvgIpc) is 2.77. The van der Waals surface area contributed by atoms with Gasteiger partial charge >= 0.3 is 0 Å². The molecule has 0 bridgehead atoms. The molecule has 106 valence electrons. The van der Waals surface area contributed by atoms with Crippen molar-refractivity contribution >= 4 is 21.4 Å². The standard InChI is InChI=1S/C13H15N3O3S/c14-7-10-3-1-2-4-12(10)16-13(17)8-15-11-5-6-20(18,19)9-11/h1-4,11,15H,5-6,8-9H2,(H,16,17). The average molecular weight is 293 g/mol. The Bertz CT molecular complexity index is 649. The van der Waals surface area contributed by atoms with E-state index in [0.29, 0.717) is 17.7 Å². The van der Waals surface area contributed by atoms with E-state index in [4.69, 9.17) is 5.26 Å². The summed E-state index contributed by atoms with van der Waals surface area (Å²) in [6.07, 6.45) is 0.532. The molecule has 1 heterocycles. The number of benzene rings is 1. The Morgan fingerprint density at radius 2 is 2.15 bits per heavy atom. The quantitative estimate of drug-likeness (QED) is 0.830. The highest BCUT2D eigenvalue weighted by Crippen LogP contribution is 2.13. The van der Waals surface area contributed by atoms with Gasteiger partial charge in [0.25, 0.3) is 0 Å². The number of sulfone groups is 1. The predicted molar refractivity (Wildman–Crippen MR) is 74.8 cm³/mol. The van der Waals surface area contributed by atoms with Crippen LogP contribution in [-0.2, 0) is 14.6 Å². The molecule has 1 aliphatic heterocycles. The van der Waals surface area contributed by atoms with Crippen LogP contribution in [0.2, 0.25) is 0 Å². The molecule has 0 aliphatic carbocycles. The van der Waals surface area contributed by atoms with Gasteiger partial charge in [-0.3, -0.25) is 4.79 Å². The highest BCUT2D eigenvalue weighted by atomic mass is 32.2. The first-order valence-electron chi connectivity index (χ1n) is 6.23. The first-order chi connectivity index (χ1) is 9.50. The lowest BCUT2D eigenvalue weighted by atomic mass is 10.2. The summed E-state index contributed by atoms with van der Waals surface area (Å²) in [4.78, 5) is 11.8. The summed E-state index contributed by atoms with van der Waals surface area (Å²) in [7, 11) is -2.95. The number of hydrogen-bond acceptors (Lipinski definition) is 5. The Morgan fingerprint density at radius 1 is 1.40 bits per heavy atom. The minimum atomic E-state index is -2.95. The van der Waals surface area contributed by atoms with Crippen molar-refractivity contribution in [3.63, 3.8) is 0 Å². The van der Waals surface area contributed by atoms with Gasteiger partial charge in [-0.1, -0.05) is 12.1 Å². The van der Waals surface area contributed by atoms with E-state index in [-0.39, 0.29) is 30.0 Å². The number of carbonyl (C=O) groups excluding carboxylic acids is 1. The SMILES string of the molecule is N#Cc1ccccc1NC(=O)CNC1CCS(=O)(=O)C1. The molecule has 1 amide bonds. The van der Waals surface area contributed by atoms with Gasteiger partial charge in [0.1, 0.15) is 6.07 Å². The number of amides is 1. The molecule has 1 unspecified atom stereocenters. The van der Waals surface area contributed by atoms with E-state index in [2.05, 4.69) is 10.6 Å². The molecule has 2 N–H and O–H groups in total. The van der Waals surface area contributed by atoms with Crippen LogP contribution in [0.5, 0.6) is 0 Å². The van der Waals surface area contributed by atoms with Gasteiger partial charge in [0.2, 0.25) is 5.91 Å². The molecule has 0 radical (unpaired) electrons. The summed E-state index contributed by atoms with van der Waals surface area (Å²) in [6.45, 7) is 0.0277. The molecule has 1 aliphatic rings. The van der Waals surface area contributed by atoms with Crippen molar-refractivity contribution in [2.75, 3.05) is 23.4 Å². The fraction of sp³-hybridized carbons (Fsp3) is 0.385. The molecule has 6 nitrogen and oxygen atoms in total. The second-order valence-electron chi connectivity index (χ2n) is 4.69. The highest BCUT2D eigenvalue weighted by molar-refractivity contribution is 7.91. The molecule has 0 saturated carbocycles. The van der Waals surface area contributed by atoms with Crippen molar-refractivity contribution in [2.24, 2.45) is 0 Å². The number of hydrogen-bond donors (Lipinski definition) is 2. The normalized spacial score (nSPS) is 20.2. The first-order valence-corrected chi connectivity index (χ1v) is 8.05. The van der Waals surface area contributed by atoms with Crippen molar-refractivity contribution in [1.29, 1.82) is 5.26 Å². The van der Waals surface area contributed by atoms with Crippen LogP contribution in [0.4, 0.5) is 5.69 Å². The fourth-order valence-electron chi connectivity index (χ4n) is 2.08. The molecule has 1 aromatic carbocycles. The summed E-state index contributed by atoms with van der Waals surface area (Å²) in [6, 6.07) is 8.54. The van der Waals surface area contributed by atoms with Crippen LogP contribution in [0.25, 0.3) is 0 Å². The Balaban J connectivity index is 1.86. The maximum absolute atomic E-state index is 11.8. The number of nitrogens with one attached hydrogen (secondary N) is 2. The zero-order valence-electron chi connectivity index (χ0n) is 10.8. The number of nitriles is 1. The second-order valence-corrected chi connectivity index (χ2v) is 6.92. The van der Waals surface area contributed by atoms with Crippen molar-refractivity contribution < 1.29 is 13.2 Å². The van der Waals surface area contributed by atoms with E-state index in [1.165, 1.54) is 0 Å². The number of rotatable bonds is 4. The maximum Gasteiger partial charge on any atom is 0.238 e. The Hall–Kier alpha value is -1.91. The number of anilines is 1. The Labute approximate surface area is 117 Å². The molecular formula is C13H15N3O3S.